The number of fused-ring (bicyclic) bond motifs is 3. The fourth-order valence-electron chi connectivity index (χ4n) is 5.21. The van der Waals surface area contributed by atoms with Crippen molar-refractivity contribution in [3.63, 3.8) is 0 Å². The molecular formula is C20H27BrO2. The zero-order valence-electron chi connectivity index (χ0n) is 14.6. The van der Waals surface area contributed by atoms with Crippen LogP contribution in [-0.4, -0.2) is 11.1 Å². The van der Waals surface area contributed by atoms with Crippen molar-refractivity contribution < 1.29 is 9.90 Å². The maximum Gasteiger partial charge on any atom is 0.309 e. The van der Waals surface area contributed by atoms with Crippen molar-refractivity contribution in [2.24, 2.45) is 11.3 Å². The number of carbonyl (C=O) groups is 1. The highest BCUT2D eigenvalue weighted by atomic mass is 79.9. The van der Waals surface area contributed by atoms with Gasteiger partial charge >= 0.3 is 5.97 Å². The van der Waals surface area contributed by atoms with E-state index in [1.165, 1.54) is 21.2 Å². The highest BCUT2D eigenvalue weighted by Crippen LogP contribution is 2.57. The van der Waals surface area contributed by atoms with Gasteiger partial charge in [0, 0.05) is 4.47 Å². The lowest BCUT2D eigenvalue weighted by atomic mass is 9.50. The number of aliphatic carboxylic acids is 1. The molecule has 3 heteroatoms. The molecule has 0 aliphatic heterocycles. The van der Waals surface area contributed by atoms with E-state index in [4.69, 9.17) is 0 Å². The number of benzene rings is 1. The Hall–Kier alpha value is -0.830. The van der Waals surface area contributed by atoms with Crippen LogP contribution in [0, 0.1) is 11.3 Å². The van der Waals surface area contributed by atoms with Gasteiger partial charge in [-0.3, -0.25) is 4.79 Å². The van der Waals surface area contributed by atoms with Gasteiger partial charge in [-0.1, -0.05) is 49.2 Å². The van der Waals surface area contributed by atoms with Crippen molar-refractivity contribution in [1.82, 2.24) is 0 Å². The minimum atomic E-state index is -0.616. The van der Waals surface area contributed by atoms with Gasteiger partial charge in [0.2, 0.25) is 0 Å². The molecule has 1 aromatic rings. The van der Waals surface area contributed by atoms with Gasteiger partial charge in [0.05, 0.1) is 5.41 Å². The number of carboxylic acids is 1. The number of hydrogen-bond donors (Lipinski definition) is 1. The molecule has 2 nitrogen and oxygen atoms in total. The molecule has 0 saturated heterocycles. The van der Waals surface area contributed by atoms with Crippen LogP contribution in [0.3, 0.4) is 0 Å². The standard InChI is InChI=1S/C20H27BrO2/c1-12(2)14-10-13-6-7-17-19(3,15(13)11-16(14)21)8-5-9-20(17,4)18(22)23/h10-12,17H,5-9H2,1-4H3,(H,22,23)/t17?,19-,20-/m1/s1. The molecule has 0 spiro atoms. The fraction of sp³-hybridized carbons (Fsp3) is 0.650. The number of hydrogen-bond acceptors (Lipinski definition) is 1. The Balaban J connectivity index is 2.13. The van der Waals surface area contributed by atoms with Crippen LogP contribution in [0.4, 0.5) is 0 Å². The van der Waals surface area contributed by atoms with E-state index in [9.17, 15) is 9.90 Å². The minimum Gasteiger partial charge on any atom is -0.481 e. The third-order valence-electron chi connectivity index (χ3n) is 6.58. The van der Waals surface area contributed by atoms with Crippen LogP contribution in [0.1, 0.15) is 76.0 Å². The molecule has 2 aliphatic rings. The maximum atomic E-state index is 12.0. The largest absolute Gasteiger partial charge is 0.481 e. The SMILES string of the molecule is CC(C)c1cc2c(cc1Br)[C@@]1(C)CCC[C@@](C)(C(=O)O)C1CC2. The van der Waals surface area contributed by atoms with Gasteiger partial charge in [-0.2, -0.15) is 0 Å². The quantitative estimate of drug-likeness (QED) is 0.719. The summed E-state index contributed by atoms with van der Waals surface area (Å²) in [6.07, 6.45) is 4.90. The lowest BCUT2D eigenvalue weighted by Gasteiger charge is -2.53. The normalized spacial score (nSPS) is 33.2. The molecule has 2 aliphatic carbocycles. The second-order valence-corrected chi connectivity index (χ2v) is 9.12. The molecule has 3 atom stereocenters. The van der Waals surface area contributed by atoms with Crippen molar-refractivity contribution in [1.29, 1.82) is 0 Å². The second-order valence-electron chi connectivity index (χ2n) is 8.27. The van der Waals surface area contributed by atoms with E-state index in [2.05, 4.69) is 48.8 Å². The van der Waals surface area contributed by atoms with Gasteiger partial charge in [0.15, 0.2) is 0 Å². The zero-order chi connectivity index (χ0) is 17.0. The van der Waals surface area contributed by atoms with Crippen LogP contribution in [0.15, 0.2) is 16.6 Å². The second kappa shape index (κ2) is 5.61. The Morgan fingerprint density at radius 1 is 1.30 bits per heavy atom. The highest BCUT2D eigenvalue weighted by Gasteiger charge is 2.55. The Kier molecular flexibility index (Phi) is 4.15. The van der Waals surface area contributed by atoms with Crippen LogP contribution >= 0.6 is 15.9 Å². The number of carboxylic acid groups (broad SMARTS) is 1. The van der Waals surface area contributed by atoms with Gasteiger partial charge in [0.25, 0.3) is 0 Å². The fourth-order valence-corrected chi connectivity index (χ4v) is 6.01. The van der Waals surface area contributed by atoms with E-state index in [0.717, 1.165) is 32.1 Å². The lowest BCUT2D eigenvalue weighted by Crippen LogP contribution is -2.52. The first-order valence-corrected chi connectivity index (χ1v) is 9.55. The van der Waals surface area contributed by atoms with Crippen LogP contribution in [0.25, 0.3) is 0 Å². The van der Waals surface area contributed by atoms with E-state index in [1.54, 1.807) is 0 Å². The lowest BCUT2D eigenvalue weighted by molar-refractivity contribution is -0.157. The average molecular weight is 379 g/mol. The van der Waals surface area contributed by atoms with E-state index < -0.39 is 11.4 Å². The molecule has 3 rings (SSSR count). The van der Waals surface area contributed by atoms with E-state index >= 15 is 0 Å². The van der Waals surface area contributed by atoms with E-state index in [0.29, 0.717) is 5.92 Å². The highest BCUT2D eigenvalue weighted by molar-refractivity contribution is 9.10. The molecule has 23 heavy (non-hydrogen) atoms. The van der Waals surface area contributed by atoms with Gasteiger partial charge in [0.1, 0.15) is 0 Å². The molecule has 126 valence electrons. The van der Waals surface area contributed by atoms with Crippen molar-refractivity contribution in [3.8, 4) is 0 Å². The summed E-state index contributed by atoms with van der Waals surface area (Å²) >= 11 is 3.76. The Bertz CT molecular complexity index is 651. The van der Waals surface area contributed by atoms with Gasteiger partial charge in [-0.05, 0) is 72.6 Å². The summed E-state index contributed by atoms with van der Waals surface area (Å²) in [6, 6.07) is 4.66. The molecule has 0 amide bonds. The molecule has 1 N–H and O–H groups in total. The molecule has 1 aromatic carbocycles. The summed E-state index contributed by atoms with van der Waals surface area (Å²) in [4.78, 5) is 12.0. The Morgan fingerprint density at radius 3 is 2.61 bits per heavy atom. The first-order valence-electron chi connectivity index (χ1n) is 8.76. The van der Waals surface area contributed by atoms with E-state index in [-0.39, 0.29) is 11.3 Å². The molecular weight excluding hydrogens is 352 g/mol. The summed E-state index contributed by atoms with van der Waals surface area (Å²) in [6.45, 7) is 8.72. The Morgan fingerprint density at radius 2 is 2.00 bits per heavy atom. The Labute approximate surface area is 147 Å². The minimum absolute atomic E-state index is 0.0169. The summed E-state index contributed by atoms with van der Waals surface area (Å²) < 4.78 is 1.18. The smallest absolute Gasteiger partial charge is 0.309 e. The maximum absolute atomic E-state index is 12.0. The number of rotatable bonds is 2. The molecule has 1 unspecified atom stereocenters. The van der Waals surface area contributed by atoms with Crippen LogP contribution in [-0.2, 0) is 16.6 Å². The average Bonchev–Trinajstić information content (AvgIpc) is 2.46. The van der Waals surface area contributed by atoms with Crippen molar-refractivity contribution >= 4 is 21.9 Å². The number of halogens is 1. The third kappa shape index (κ3) is 2.47. The molecule has 0 radical (unpaired) electrons. The molecule has 0 bridgehead atoms. The predicted octanol–water partition coefficient (Wildman–Crippen LogP) is 5.67. The van der Waals surface area contributed by atoms with Gasteiger partial charge in [-0.15, -0.1) is 0 Å². The third-order valence-corrected chi connectivity index (χ3v) is 7.27. The number of aryl methyl sites for hydroxylation is 1. The van der Waals surface area contributed by atoms with Crippen LogP contribution in [0.2, 0.25) is 0 Å². The molecule has 1 saturated carbocycles. The van der Waals surface area contributed by atoms with Gasteiger partial charge in [-0.25, -0.2) is 0 Å². The van der Waals surface area contributed by atoms with Crippen molar-refractivity contribution in [3.05, 3.63) is 33.3 Å². The van der Waals surface area contributed by atoms with E-state index in [1.807, 2.05) is 6.92 Å². The predicted molar refractivity (Wildman–Crippen MR) is 97.0 cm³/mol. The van der Waals surface area contributed by atoms with Crippen molar-refractivity contribution in [2.45, 2.75) is 71.1 Å². The zero-order valence-corrected chi connectivity index (χ0v) is 16.2. The monoisotopic (exact) mass is 378 g/mol. The summed E-state index contributed by atoms with van der Waals surface area (Å²) in [5, 5.41) is 9.86. The summed E-state index contributed by atoms with van der Waals surface area (Å²) in [5.41, 5.74) is 3.58. The summed E-state index contributed by atoms with van der Waals surface area (Å²) in [7, 11) is 0. The molecule has 0 heterocycles. The van der Waals surface area contributed by atoms with Crippen molar-refractivity contribution in [2.75, 3.05) is 0 Å². The summed E-state index contributed by atoms with van der Waals surface area (Å²) in [5.74, 6) is 0.108. The first kappa shape index (κ1) is 17.0. The topological polar surface area (TPSA) is 37.3 Å². The molecule has 0 aromatic heterocycles. The first-order chi connectivity index (χ1) is 10.7. The van der Waals surface area contributed by atoms with Crippen LogP contribution < -0.4 is 0 Å². The van der Waals surface area contributed by atoms with Gasteiger partial charge < -0.3 is 5.11 Å². The molecule has 1 fully saturated rings. The van der Waals surface area contributed by atoms with Crippen LogP contribution in [0.5, 0.6) is 0 Å².